The van der Waals surface area contributed by atoms with Crippen molar-refractivity contribution in [2.75, 3.05) is 0 Å². The van der Waals surface area contributed by atoms with Gasteiger partial charge in [-0.15, -0.1) is 0 Å². The van der Waals surface area contributed by atoms with Gasteiger partial charge in [0.2, 0.25) is 0 Å². The fourth-order valence-electron chi connectivity index (χ4n) is 0.0539. The first-order chi connectivity index (χ1) is 2.77. The number of aliphatic carboxylic acids is 1. The van der Waals surface area contributed by atoms with E-state index in [0.717, 1.165) is 11.6 Å². The zero-order chi connectivity index (χ0) is 4.99. The summed E-state index contributed by atoms with van der Waals surface area (Å²) >= 11 is 4.84. The standard InChI is InChI=1S/C3H3ClO2.Na/c4-2-1-3(5)6;/h1-2H,(H,5,6);/q;+1. The summed E-state index contributed by atoms with van der Waals surface area (Å²) in [7, 11) is 0. The van der Waals surface area contributed by atoms with Crippen LogP contribution in [0, 0.1) is 0 Å². The van der Waals surface area contributed by atoms with E-state index in [1.54, 1.807) is 0 Å². The van der Waals surface area contributed by atoms with Crippen LogP contribution in [0.4, 0.5) is 0 Å². The molecule has 34 valence electrons. The van der Waals surface area contributed by atoms with E-state index in [2.05, 4.69) is 0 Å². The Morgan fingerprint density at radius 1 is 1.71 bits per heavy atom. The number of carboxylic acid groups (broad SMARTS) is 1. The minimum Gasteiger partial charge on any atom is -0.478 e. The van der Waals surface area contributed by atoms with Gasteiger partial charge < -0.3 is 5.11 Å². The summed E-state index contributed by atoms with van der Waals surface area (Å²) in [6.07, 6.45) is 0.849. The molecule has 2 nitrogen and oxygen atoms in total. The van der Waals surface area contributed by atoms with Crippen LogP contribution in [0.2, 0.25) is 0 Å². The Kier molecular flexibility index (Phi) is 9.73. The van der Waals surface area contributed by atoms with Crippen molar-refractivity contribution in [1.29, 1.82) is 0 Å². The zero-order valence-electron chi connectivity index (χ0n) is 3.89. The van der Waals surface area contributed by atoms with E-state index in [4.69, 9.17) is 16.7 Å². The SMILES string of the molecule is O=C(O)C=CCl.[Na+]. The molecule has 0 aromatic rings. The van der Waals surface area contributed by atoms with Crippen LogP contribution in [0.3, 0.4) is 0 Å². The molecular weight excluding hydrogens is 126 g/mol. The third-order valence-corrected chi connectivity index (χ3v) is 0.332. The molecule has 0 aliphatic heterocycles. The molecule has 7 heavy (non-hydrogen) atoms. The number of carboxylic acids is 1. The molecule has 0 bridgehead atoms. The summed E-state index contributed by atoms with van der Waals surface area (Å²) < 4.78 is 0. The molecule has 0 aliphatic rings. The summed E-state index contributed by atoms with van der Waals surface area (Å²) in [6, 6.07) is 0. The topological polar surface area (TPSA) is 37.3 Å². The molecular formula is C3H3ClNaO2+. The van der Waals surface area contributed by atoms with Gasteiger partial charge in [-0.05, 0) is 0 Å². The molecule has 0 radical (unpaired) electrons. The Labute approximate surface area is 68.5 Å². The average molecular weight is 129 g/mol. The maximum Gasteiger partial charge on any atom is 1.00 e. The van der Waals surface area contributed by atoms with Gasteiger partial charge in [0.25, 0.3) is 0 Å². The molecule has 0 aliphatic carbocycles. The van der Waals surface area contributed by atoms with E-state index in [9.17, 15) is 4.79 Å². The second-order valence-electron chi connectivity index (χ2n) is 0.631. The first-order valence-corrected chi connectivity index (χ1v) is 1.70. The molecule has 0 saturated carbocycles. The fraction of sp³-hybridized carbons (Fsp3) is 0. The Morgan fingerprint density at radius 3 is 2.14 bits per heavy atom. The number of rotatable bonds is 1. The van der Waals surface area contributed by atoms with Crippen LogP contribution in [0.1, 0.15) is 0 Å². The van der Waals surface area contributed by atoms with Crippen LogP contribution >= 0.6 is 11.6 Å². The number of halogens is 1. The molecule has 0 heterocycles. The van der Waals surface area contributed by atoms with Crippen LogP contribution < -0.4 is 29.6 Å². The maximum absolute atomic E-state index is 9.43. The van der Waals surface area contributed by atoms with Crippen molar-refractivity contribution in [3.63, 3.8) is 0 Å². The van der Waals surface area contributed by atoms with E-state index in [-0.39, 0.29) is 29.6 Å². The van der Waals surface area contributed by atoms with Gasteiger partial charge in [0, 0.05) is 11.6 Å². The minimum atomic E-state index is -1.02. The molecule has 0 atom stereocenters. The Hall–Kier alpha value is 0.500. The number of hydrogen-bond donors (Lipinski definition) is 1. The van der Waals surface area contributed by atoms with E-state index >= 15 is 0 Å². The van der Waals surface area contributed by atoms with E-state index < -0.39 is 5.97 Å². The number of carbonyl (C=O) groups is 1. The fourth-order valence-corrected chi connectivity index (χ4v) is 0.162. The summed E-state index contributed by atoms with van der Waals surface area (Å²) in [5.41, 5.74) is 0.947. The summed E-state index contributed by atoms with van der Waals surface area (Å²) in [5.74, 6) is -1.02. The zero-order valence-corrected chi connectivity index (χ0v) is 6.64. The first-order valence-electron chi connectivity index (χ1n) is 1.27. The molecule has 0 aromatic heterocycles. The van der Waals surface area contributed by atoms with Crippen molar-refractivity contribution < 1.29 is 39.5 Å². The summed E-state index contributed by atoms with van der Waals surface area (Å²) in [4.78, 5) is 9.43. The monoisotopic (exact) mass is 129 g/mol. The predicted octanol–water partition coefficient (Wildman–Crippen LogP) is -2.17. The third-order valence-electron chi connectivity index (χ3n) is 0.206. The van der Waals surface area contributed by atoms with Crippen LogP contribution in [0.15, 0.2) is 11.6 Å². The normalized spacial score (nSPS) is 8.14. The molecule has 0 aromatic carbocycles. The van der Waals surface area contributed by atoms with Crippen molar-refractivity contribution in [2.45, 2.75) is 0 Å². The minimum absolute atomic E-state index is 0. The van der Waals surface area contributed by atoms with Gasteiger partial charge >= 0.3 is 35.5 Å². The largest absolute Gasteiger partial charge is 1.00 e. The van der Waals surface area contributed by atoms with Crippen LogP contribution in [-0.4, -0.2) is 11.1 Å². The smallest absolute Gasteiger partial charge is 0.478 e. The molecule has 0 amide bonds. The van der Waals surface area contributed by atoms with E-state index in [1.165, 1.54) is 0 Å². The van der Waals surface area contributed by atoms with Crippen LogP contribution in [-0.2, 0) is 4.79 Å². The van der Waals surface area contributed by atoms with Gasteiger partial charge in [-0.3, -0.25) is 0 Å². The predicted molar refractivity (Wildman–Crippen MR) is 22.6 cm³/mol. The van der Waals surface area contributed by atoms with Crippen LogP contribution in [0.25, 0.3) is 0 Å². The van der Waals surface area contributed by atoms with Gasteiger partial charge in [0.15, 0.2) is 0 Å². The van der Waals surface area contributed by atoms with Crippen molar-refractivity contribution in [3.8, 4) is 0 Å². The van der Waals surface area contributed by atoms with Crippen molar-refractivity contribution in [2.24, 2.45) is 0 Å². The first kappa shape index (κ1) is 10.5. The molecule has 0 fully saturated rings. The van der Waals surface area contributed by atoms with Gasteiger partial charge in [-0.2, -0.15) is 0 Å². The van der Waals surface area contributed by atoms with Crippen molar-refractivity contribution in [1.82, 2.24) is 0 Å². The van der Waals surface area contributed by atoms with E-state index in [1.807, 2.05) is 0 Å². The second-order valence-corrected chi connectivity index (χ2v) is 0.883. The Bertz CT molecular complexity index is 81.0. The Morgan fingerprint density at radius 2 is 2.14 bits per heavy atom. The third kappa shape index (κ3) is 10.7. The van der Waals surface area contributed by atoms with Gasteiger partial charge in [0.1, 0.15) is 0 Å². The Balaban J connectivity index is 0. The molecule has 0 saturated heterocycles. The number of hydrogen-bond acceptors (Lipinski definition) is 1. The second kappa shape index (κ2) is 6.50. The molecule has 4 heteroatoms. The van der Waals surface area contributed by atoms with Gasteiger partial charge in [0.05, 0.1) is 0 Å². The van der Waals surface area contributed by atoms with Crippen molar-refractivity contribution >= 4 is 17.6 Å². The molecule has 1 N–H and O–H groups in total. The average Bonchev–Trinajstić information content (AvgIpc) is 1.35. The maximum atomic E-state index is 9.43. The molecule has 0 spiro atoms. The van der Waals surface area contributed by atoms with Crippen LogP contribution in [0.5, 0.6) is 0 Å². The summed E-state index contributed by atoms with van der Waals surface area (Å²) in [5, 5.41) is 7.74. The van der Waals surface area contributed by atoms with Gasteiger partial charge in [-0.25, -0.2) is 4.79 Å². The van der Waals surface area contributed by atoms with Crippen molar-refractivity contribution in [3.05, 3.63) is 11.6 Å². The van der Waals surface area contributed by atoms with E-state index in [0.29, 0.717) is 0 Å². The molecule has 0 unspecified atom stereocenters. The summed E-state index contributed by atoms with van der Waals surface area (Å²) in [6.45, 7) is 0. The molecule has 0 rings (SSSR count). The van der Waals surface area contributed by atoms with Gasteiger partial charge in [-0.1, -0.05) is 11.6 Å². The quantitative estimate of drug-likeness (QED) is 0.323.